The summed E-state index contributed by atoms with van der Waals surface area (Å²) in [7, 11) is 0. The van der Waals surface area contributed by atoms with Crippen LogP contribution in [0.3, 0.4) is 0 Å². The van der Waals surface area contributed by atoms with Crippen LogP contribution < -0.4 is 10.9 Å². The Balaban J connectivity index is 1.68. The van der Waals surface area contributed by atoms with Crippen molar-refractivity contribution >= 4 is 45.9 Å². The van der Waals surface area contributed by atoms with E-state index in [4.69, 9.17) is 11.6 Å². The zero-order valence-corrected chi connectivity index (χ0v) is 17.0. The zero-order chi connectivity index (χ0) is 21.1. The van der Waals surface area contributed by atoms with Crippen LogP contribution in [-0.4, -0.2) is 26.2 Å². The van der Waals surface area contributed by atoms with Crippen LogP contribution >= 0.6 is 23.4 Å². The lowest BCUT2D eigenvalue weighted by atomic mass is 10.2. The van der Waals surface area contributed by atoms with Crippen molar-refractivity contribution in [3.8, 4) is 5.69 Å². The number of aromatic nitrogens is 3. The molecule has 0 spiro atoms. The van der Waals surface area contributed by atoms with E-state index in [0.29, 0.717) is 27.4 Å². The Hall–Kier alpha value is -3.23. The van der Waals surface area contributed by atoms with E-state index in [1.165, 1.54) is 35.0 Å². The summed E-state index contributed by atoms with van der Waals surface area (Å²) in [6, 6.07) is 15.7. The number of thioether (sulfide) groups is 1. The molecule has 0 unspecified atom stereocenters. The highest BCUT2D eigenvalue weighted by Crippen LogP contribution is 2.23. The lowest BCUT2D eigenvalue weighted by molar-refractivity contribution is -0.113. The predicted octanol–water partition coefficient (Wildman–Crippen LogP) is 4.30. The minimum atomic E-state index is -0.414. The first-order valence-electron chi connectivity index (χ1n) is 8.84. The third-order valence-corrected chi connectivity index (χ3v) is 5.44. The van der Waals surface area contributed by atoms with E-state index in [-0.39, 0.29) is 22.4 Å². The molecule has 6 nitrogen and oxygen atoms in total. The second-order valence-corrected chi connectivity index (χ2v) is 7.51. The molecule has 1 amide bonds. The number of rotatable bonds is 5. The van der Waals surface area contributed by atoms with Crippen molar-refractivity contribution in [2.45, 2.75) is 5.16 Å². The van der Waals surface area contributed by atoms with E-state index < -0.39 is 5.82 Å². The number of hydrogen-bond acceptors (Lipinski definition) is 5. The van der Waals surface area contributed by atoms with Gasteiger partial charge < -0.3 is 5.32 Å². The molecule has 0 saturated carbocycles. The molecule has 0 bridgehead atoms. The highest BCUT2D eigenvalue weighted by molar-refractivity contribution is 7.99. The summed E-state index contributed by atoms with van der Waals surface area (Å²) in [6.07, 6.45) is 1.52. The molecule has 30 heavy (non-hydrogen) atoms. The van der Waals surface area contributed by atoms with Gasteiger partial charge in [-0.05, 0) is 48.5 Å². The molecule has 2 aromatic heterocycles. The molecule has 0 radical (unpaired) electrons. The van der Waals surface area contributed by atoms with Gasteiger partial charge >= 0.3 is 0 Å². The number of amides is 1. The van der Waals surface area contributed by atoms with Crippen molar-refractivity contribution in [3.63, 3.8) is 0 Å². The number of para-hydroxylation sites is 1. The Labute approximate surface area is 179 Å². The quantitative estimate of drug-likeness (QED) is 0.284. The number of benzene rings is 2. The molecule has 150 valence electrons. The van der Waals surface area contributed by atoms with Crippen LogP contribution in [0.25, 0.3) is 16.6 Å². The number of anilines is 1. The summed E-state index contributed by atoms with van der Waals surface area (Å²) < 4.78 is 14.7. The second-order valence-electron chi connectivity index (χ2n) is 6.21. The van der Waals surface area contributed by atoms with Gasteiger partial charge in [0.25, 0.3) is 5.56 Å². The fraction of sp³-hybridized carbons (Fsp3) is 0.0476. The second kappa shape index (κ2) is 8.64. The van der Waals surface area contributed by atoms with Crippen LogP contribution in [0.4, 0.5) is 10.1 Å². The molecule has 0 saturated heterocycles. The summed E-state index contributed by atoms with van der Waals surface area (Å²) >= 11 is 7.06. The van der Waals surface area contributed by atoms with Gasteiger partial charge in [-0.3, -0.25) is 14.2 Å². The van der Waals surface area contributed by atoms with Gasteiger partial charge in [0.05, 0.1) is 28.0 Å². The Bertz CT molecular complexity index is 1290. The summed E-state index contributed by atoms with van der Waals surface area (Å²) in [5.74, 6) is -0.762. The first kappa shape index (κ1) is 20.1. The van der Waals surface area contributed by atoms with Gasteiger partial charge in [0.2, 0.25) is 5.91 Å². The molecule has 9 heteroatoms. The zero-order valence-electron chi connectivity index (χ0n) is 15.4. The minimum absolute atomic E-state index is 0.0167. The fourth-order valence-corrected chi connectivity index (χ4v) is 3.80. The summed E-state index contributed by atoms with van der Waals surface area (Å²) in [4.78, 5) is 34.0. The number of pyridine rings is 1. The van der Waals surface area contributed by atoms with Crippen molar-refractivity contribution in [1.29, 1.82) is 0 Å². The average molecular weight is 441 g/mol. The van der Waals surface area contributed by atoms with Crippen molar-refractivity contribution < 1.29 is 9.18 Å². The van der Waals surface area contributed by atoms with Gasteiger partial charge in [-0.1, -0.05) is 35.5 Å². The van der Waals surface area contributed by atoms with Crippen LogP contribution in [0.1, 0.15) is 0 Å². The van der Waals surface area contributed by atoms with Gasteiger partial charge in [0.15, 0.2) is 10.3 Å². The topological polar surface area (TPSA) is 76.9 Å². The normalized spacial score (nSPS) is 10.9. The van der Waals surface area contributed by atoms with Gasteiger partial charge in [-0.2, -0.15) is 0 Å². The smallest absolute Gasteiger partial charge is 0.266 e. The number of fused-ring (bicyclic) bond motifs is 1. The molecule has 0 aliphatic heterocycles. The Morgan fingerprint density at radius 2 is 1.87 bits per heavy atom. The molecule has 2 aromatic carbocycles. The number of nitrogens with zero attached hydrogens (tertiary/aromatic N) is 3. The standard InChI is InChI=1S/C21H14ClFN4O2S/c22-19-17(6-3-11-24-19)25-18(28)12-30-21-26-16-5-2-1-4-15(16)20(29)27(21)14-9-7-13(23)8-10-14/h1-11H,12H2,(H,25,28). The number of hydrogen-bond donors (Lipinski definition) is 1. The summed E-state index contributed by atoms with van der Waals surface area (Å²) in [5, 5.41) is 3.61. The molecular weight excluding hydrogens is 427 g/mol. The molecule has 2 heterocycles. The van der Waals surface area contributed by atoms with Crippen molar-refractivity contribution in [2.24, 2.45) is 0 Å². The summed E-state index contributed by atoms with van der Waals surface area (Å²) in [6.45, 7) is 0. The molecule has 0 aliphatic rings. The van der Waals surface area contributed by atoms with Crippen LogP contribution in [0.5, 0.6) is 0 Å². The monoisotopic (exact) mass is 440 g/mol. The summed E-state index contributed by atoms with van der Waals surface area (Å²) in [5.41, 5.74) is 1.06. The van der Waals surface area contributed by atoms with Crippen LogP contribution in [0.2, 0.25) is 5.15 Å². The van der Waals surface area contributed by atoms with E-state index >= 15 is 0 Å². The van der Waals surface area contributed by atoms with Crippen molar-refractivity contribution in [3.05, 3.63) is 88.2 Å². The molecule has 0 fully saturated rings. The van der Waals surface area contributed by atoms with Crippen LogP contribution in [0.15, 0.2) is 76.8 Å². The number of nitrogens with one attached hydrogen (secondary N) is 1. The van der Waals surface area contributed by atoms with Crippen molar-refractivity contribution in [2.75, 3.05) is 11.1 Å². The first-order valence-corrected chi connectivity index (χ1v) is 10.2. The maximum Gasteiger partial charge on any atom is 0.266 e. The van der Waals surface area contributed by atoms with Crippen molar-refractivity contribution in [1.82, 2.24) is 14.5 Å². The SMILES string of the molecule is O=C(CSc1nc2ccccc2c(=O)n1-c1ccc(F)cc1)Nc1cccnc1Cl. The van der Waals surface area contributed by atoms with Gasteiger partial charge in [-0.25, -0.2) is 14.4 Å². The third-order valence-electron chi connectivity index (χ3n) is 4.20. The van der Waals surface area contributed by atoms with E-state index in [1.54, 1.807) is 36.4 Å². The number of halogens is 2. The molecule has 0 aliphatic carbocycles. The maximum absolute atomic E-state index is 13.4. The molecule has 4 rings (SSSR count). The third kappa shape index (κ3) is 4.19. The molecular formula is C21H14ClFN4O2S. The lowest BCUT2D eigenvalue weighted by Gasteiger charge is -2.13. The Kier molecular flexibility index (Phi) is 5.78. The minimum Gasteiger partial charge on any atom is -0.323 e. The first-order chi connectivity index (χ1) is 14.5. The van der Waals surface area contributed by atoms with Crippen LogP contribution in [0, 0.1) is 5.82 Å². The predicted molar refractivity (Wildman–Crippen MR) is 116 cm³/mol. The van der Waals surface area contributed by atoms with Gasteiger partial charge in [0.1, 0.15) is 5.82 Å². The van der Waals surface area contributed by atoms with E-state index in [9.17, 15) is 14.0 Å². The Morgan fingerprint density at radius 1 is 1.10 bits per heavy atom. The number of carbonyl (C=O) groups excluding carboxylic acids is 1. The average Bonchev–Trinajstić information content (AvgIpc) is 2.75. The van der Waals surface area contributed by atoms with E-state index in [2.05, 4.69) is 15.3 Å². The highest BCUT2D eigenvalue weighted by Gasteiger charge is 2.15. The van der Waals surface area contributed by atoms with E-state index in [1.807, 2.05) is 0 Å². The van der Waals surface area contributed by atoms with Crippen LogP contribution in [-0.2, 0) is 4.79 Å². The van der Waals surface area contributed by atoms with Gasteiger partial charge in [0, 0.05) is 6.20 Å². The lowest BCUT2D eigenvalue weighted by Crippen LogP contribution is -2.23. The fourth-order valence-electron chi connectivity index (χ4n) is 2.82. The maximum atomic E-state index is 13.4. The van der Waals surface area contributed by atoms with Gasteiger partial charge in [-0.15, -0.1) is 0 Å². The Morgan fingerprint density at radius 3 is 2.63 bits per heavy atom. The molecule has 0 atom stereocenters. The largest absolute Gasteiger partial charge is 0.323 e. The molecule has 1 N–H and O–H groups in total. The molecule has 4 aromatic rings. The number of carbonyl (C=O) groups is 1. The van der Waals surface area contributed by atoms with E-state index in [0.717, 1.165) is 11.8 Å². The highest BCUT2D eigenvalue weighted by atomic mass is 35.5.